The molecule has 0 unspecified atom stereocenters. The summed E-state index contributed by atoms with van der Waals surface area (Å²) in [4.78, 5) is 8.22. The normalized spacial score (nSPS) is 10.4. The van der Waals surface area contributed by atoms with Crippen LogP contribution < -0.4 is 4.74 Å². The third kappa shape index (κ3) is 5.31. The Bertz CT molecular complexity index is 277. The van der Waals surface area contributed by atoms with Crippen LogP contribution in [0.15, 0.2) is 12.4 Å². The third-order valence-electron chi connectivity index (χ3n) is 2.32. The molecule has 0 bridgehead atoms. The van der Waals surface area contributed by atoms with Crippen LogP contribution in [0.5, 0.6) is 5.88 Å². The van der Waals surface area contributed by atoms with E-state index in [9.17, 15) is 0 Å². The first kappa shape index (κ1) is 13.2. The molecule has 0 aliphatic carbocycles. The summed E-state index contributed by atoms with van der Waals surface area (Å²) in [5, 5.41) is 0. The van der Waals surface area contributed by atoms with E-state index < -0.39 is 0 Å². The summed E-state index contributed by atoms with van der Waals surface area (Å²) < 4.78 is 5.47. The summed E-state index contributed by atoms with van der Waals surface area (Å²) in [5.74, 6) is 0.981. The molecule has 4 heteroatoms. The first-order valence-electron chi connectivity index (χ1n) is 5.86. The zero-order valence-corrected chi connectivity index (χ0v) is 10.5. The number of rotatable bonds is 8. The van der Waals surface area contributed by atoms with Crippen molar-refractivity contribution in [3.63, 3.8) is 0 Å². The van der Waals surface area contributed by atoms with Crippen molar-refractivity contribution in [3.8, 4) is 5.88 Å². The molecule has 0 fully saturated rings. The minimum absolute atomic E-state index is 0.393. The molecule has 0 aliphatic heterocycles. The van der Waals surface area contributed by atoms with Gasteiger partial charge in [0.15, 0.2) is 0 Å². The van der Waals surface area contributed by atoms with E-state index in [0.29, 0.717) is 11.8 Å². The van der Waals surface area contributed by atoms with Gasteiger partial charge in [-0.2, -0.15) is 0 Å². The quantitative estimate of drug-likeness (QED) is 0.516. The van der Waals surface area contributed by atoms with Gasteiger partial charge >= 0.3 is 0 Å². The lowest BCUT2D eigenvalue weighted by atomic mass is 10.2. The molecule has 0 saturated carbocycles. The van der Waals surface area contributed by atoms with E-state index in [0.717, 1.165) is 18.7 Å². The second-order valence-corrected chi connectivity index (χ2v) is 4.01. The SMILES string of the molecule is CCCCCCCOc1cnc(CCl)cn1. The molecular weight excluding hydrogens is 224 g/mol. The van der Waals surface area contributed by atoms with E-state index in [1.54, 1.807) is 12.4 Å². The summed E-state index contributed by atoms with van der Waals surface area (Å²) in [6.45, 7) is 2.93. The Balaban J connectivity index is 2.12. The monoisotopic (exact) mass is 242 g/mol. The third-order valence-corrected chi connectivity index (χ3v) is 2.59. The first-order valence-corrected chi connectivity index (χ1v) is 6.40. The molecule has 90 valence electrons. The zero-order valence-electron chi connectivity index (χ0n) is 9.79. The second kappa shape index (κ2) is 8.34. The zero-order chi connectivity index (χ0) is 11.6. The van der Waals surface area contributed by atoms with Crippen LogP contribution in [0.1, 0.15) is 44.7 Å². The van der Waals surface area contributed by atoms with Gasteiger partial charge in [-0.3, -0.25) is 4.98 Å². The number of ether oxygens (including phenoxy) is 1. The molecule has 1 heterocycles. The average Bonchev–Trinajstić information content (AvgIpc) is 2.34. The molecule has 0 N–H and O–H groups in total. The minimum Gasteiger partial charge on any atom is -0.477 e. The van der Waals surface area contributed by atoms with E-state index >= 15 is 0 Å². The van der Waals surface area contributed by atoms with Crippen LogP contribution in [-0.2, 0) is 5.88 Å². The van der Waals surface area contributed by atoms with E-state index in [1.807, 2.05) is 0 Å². The summed E-state index contributed by atoms with van der Waals surface area (Å²) in [6.07, 6.45) is 9.45. The van der Waals surface area contributed by atoms with Crippen LogP contribution >= 0.6 is 11.6 Å². The fourth-order valence-electron chi connectivity index (χ4n) is 1.37. The molecule has 1 aromatic rings. The fourth-order valence-corrected chi connectivity index (χ4v) is 1.51. The number of hydrogen-bond acceptors (Lipinski definition) is 3. The maximum absolute atomic E-state index is 5.61. The highest BCUT2D eigenvalue weighted by molar-refractivity contribution is 6.16. The number of nitrogens with zero attached hydrogens (tertiary/aromatic N) is 2. The second-order valence-electron chi connectivity index (χ2n) is 3.74. The van der Waals surface area contributed by atoms with Crippen LogP contribution in [0.4, 0.5) is 0 Å². The lowest BCUT2D eigenvalue weighted by Crippen LogP contribution is -2.00. The smallest absolute Gasteiger partial charge is 0.232 e. The molecule has 0 aliphatic rings. The maximum Gasteiger partial charge on any atom is 0.232 e. The van der Waals surface area contributed by atoms with Crippen molar-refractivity contribution in [1.29, 1.82) is 0 Å². The Kier molecular flexibility index (Phi) is 6.90. The Morgan fingerprint density at radius 3 is 2.56 bits per heavy atom. The van der Waals surface area contributed by atoms with Crippen molar-refractivity contribution >= 4 is 11.6 Å². The van der Waals surface area contributed by atoms with E-state index in [1.165, 1.54) is 25.7 Å². The topological polar surface area (TPSA) is 35.0 Å². The van der Waals surface area contributed by atoms with Gasteiger partial charge in [-0.15, -0.1) is 11.6 Å². The Hall–Kier alpha value is -0.830. The minimum atomic E-state index is 0.393. The van der Waals surface area contributed by atoms with Crippen molar-refractivity contribution in [3.05, 3.63) is 18.1 Å². The van der Waals surface area contributed by atoms with E-state index in [2.05, 4.69) is 16.9 Å². The number of unbranched alkanes of at least 4 members (excludes halogenated alkanes) is 4. The Morgan fingerprint density at radius 2 is 1.94 bits per heavy atom. The standard InChI is InChI=1S/C12H19ClN2O/c1-2-3-4-5-6-7-16-12-10-14-11(8-13)9-15-12/h9-10H,2-8H2,1H3. The van der Waals surface area contributed by atoms with Gasteiger partial charge in [-0.1, -0.05) is 32.6 Å². The van der Waals surface area contributed by atoms with E-state index in [-0.39, 0.29) is 0 Å². The van der Waals surface area contributed by atoms with Gasteiger partial charge < -0.3 is 4.74 Å². The van der Waals surface area contributed by atoms with Crippen molar-refractivity contribution in [2.45, 2.75) is 44.9 Å². The van der Waals surface area contributed by atoms with Crippen LogP contribution in [0.3, 0.4) is 0 Å². The van der Waals surface area contributed by atoms with Gasteiger partial charge in [0, 0.05) is 0 Å². The number of aromatic nitrogens is 2. The molecule has 0 amide bonds. The molecular formula is C12H19ClN2O. The molecule has 1 aromatic heterocycles. The Labute approximate surface area is 102 Å². The molecule has 0 spiro atoms. The highest BCUT2D eigenvalue weighted by Gasteiger charge is 1.97. The first-order chi connectivity index (χ1) is 7.86. The van der Waals surface area contributed by atoms with Crippen molar-refractivity contribution in [2.24, 2.45) is 0 Å². The number of hydrogen-bond donors (Lipinski definition) is 0. The predicted octanol–water partition coefficient (Wildman–Crippen LogP) is 3.56. The Morgan fingerprint density at radius 1 is 1.12 bits per heavy atom. The highest BCUT2D eigenvalue weighted by atomic mass is 35.5. The van der Waals surface area contributed by atoms with Gasteiger partial charge in [0.05, 0.1) is 30.6 Å². The van der Waals surface area contributed by atoms with Crippen LogP contribution in [-0.4, -0.2) is 16.6 Å². The van der Waals surface area contributed by atoms with Gasteiger partial charge in [0.2, 0.25) is 5.88 Å². The highest BCUT2D eigenvalue weighted by Crippen LogP contribution is 2.07. The largest absolute Gasteiger partial charge is 0.477 e. The van der Waals surface area contributed by atoms with Crippen LogP contribution in [0.25, 0.3) is 0 Å². The number of alkyl halides is 1. The number of halogens is 1. The fraction of sp³-hybridized carbons (Fsp3) is 0.667. The van der Waals surface area contributed by atoms with Crippen LogP contribution in [0.2, 0.25) is 0 Å². The van der Waals surface area contributed by atoms with Crippen LogP contribution in [0, 0.1) is 0 Å². The maximum atomic E-state index is 5.61. The van der Waals surface area contributed by atoms with Crippen molar-refractivity contribution in [1.82, 2.24) is 9.97 Å². The summed E-state index contributed by atoms with van der Waals surface area (Å²) in [7, 11) is 0. The van der Waals surface area contributed by atoms with Gasteiger partial charge in [0.1, 0.15) is 0 Å². The van der Waals surface area contributed by atoms with Gasteiger partial charge in [0.25, 0.3) is 0 Å². The summed E-state index contributed by atoms with van der Waals surface area (Å²) in [5.41, 5.74) is 0.775. The van der Waals surface area contributed by atoms with Crippen molar-refractivity contribution in [2.75, 3.05) is 6.61 Å². The lowest BCUT2D eigenvalue weighted by molar-refractivity contribution is 0.292. The van der Waals surface area contributed by atoms with Crippen molar-refractivity contribution < 1.29 is 4.74 Å². The molecule has 16 heavy (non-hydrogen) atoms. The molecule has 0 atom stereocenters. The molecule has 0 radical (unpaired) electrons. The molecule has 0 aromatic carbocycles. The predicted molar refractivity (Wildman–Crippen MR) is 65.8 cm³/mol. The molecule has 1 rings (SSSR count). The lowest BCUT2D eigenvalue weighted by Gasteiger charge is -2.04. The van der Waals surface area contributed by atoms with E-state index in [4.69, 9.17) is 16.3 Å². The van der Waals surface area contributed by atoms with Gasteiger partial charge in [-0.05, 0) is 6.42 Å². The summed E-state index contributed by atoms with van der Waals surface area (Å²) >= 11 is 5.61. The molecule has 0 saturated heterocycles. The molecule has 3 nitrogen and oxygen atoms in total. The average molecular weight is 243 g/mol. The summed E-state index contributed by atoms with van der Waals surface area (Å²) in [6, 6.07) is 0. The van der Waals surface area contributed by atoms with Gasteiger partial charge in [-0.25, -0.2) is 4.98 Å².